The molecule has 0 saturated carbocycles. The molecule has 1 aromatic heterocycles. The maximum atomic E-state index is 12.3. The van der Waals surface area contributed by atoms with E-state index in [0.29, 0.717) is 33.8 Å². The number of nitrogens with one attached hydrogen (secondary N) is 2. The maximum Gasteiger partial charge on any atom is 0.288 e. The van der Waals surface area contributed by atoms with Crippen LogP contribution >= 0.6 is 24.0 Å². The minimum absolute atomic E-state index is 0.287. The van der Waals surface area contributed by atoms with Crippen LogP contribution in [0.3, 0.4) is 0 Å². The van der Waals surface area contributed by atoms with E-state index in [4.69, 9.17) is 16.6 Å². The van der Waals surface area contributed by atoms with Gasteiger partial charge >= 0.3 is 0 Å². The number of fused-ring (bicyclic) bond motifs is 1. The summed E-state index contributed by atoms with van der Waals surface area (Å²) in [5.74, 6) is -1.79. The van der Waals surface area contributed by atoms with Crippen LogP contribution in [0.4, 0.5) is 14.5 Å². The summed E-state index contributed by atoms with van der Waals surface area (Å²) < 4.78 is 30.3. The van der Waals surface area contributed by atoms with Gasteiger partial charge in [-0.2, -0.15) is 13.9 Å². The quantitative estimate of drug-likeness (QED) is 0.262. The molecule has 0 fully saturated rings. The number of furan rings is 1. The number of hydrogen-bond acceptors (Lipinski definition) is 4. The lowest BCUT2D eigenvalue weighted by atomic mass is 10.2. The summed E-state index contributed by atoms with van der Waals surface area (Å²) in [4.78, 5) is 0.489. The fourth-order valence-electron chi connectivity index (χ4n) is 2.23. The van der Waals surface area contributed by atoms with Gasteiger partial charge in [-0.1, -0.05) is 30.0 Å². The first kappa shape index (κ1) is 18.3. The lowest BCUT2D eigenvalue weighted by Gasteiger charge is -2.08. The molecule has 0 bridgehead atoms. The molecule has 0 atom stereocenters. The summed E-state index contributed by atoms with van der Waals surface area (Å²) in [6.45, 7) is 1.81. The van der Waals surface area contributed by atoms with E-state index < -0.39 is 5.76 Å². The van der Waals surface area contributed by atoms with Crippen LogP contribution in [0.15, 0.2) is 69.0 Å². The Morgan fingerprint density at radius 1 is 1.15 bits per heavy atom. The summed E-state index contributed by atoms with van der Waals surface area (Å²) in [5.41, 5.74) is 4.86. The molecule has 26 heavy (non-hydrogen) atoms. The molecule has 0 aliphatic carbocycles. The number of rotatable bonds is 5. The molecule has 8 heteroatoms. The third kappa shape index (κ3) is 4.80. The number of thiocarbonyl (C=S) groups is 1. The van der Waals surface area contributed by atoms with Crippen LogP contribution in [0, 0.1) is 0 Å². The van der Waals surface area contributed by atoms with Gasteiger partial charge in [-0.15, -0.1) is 0 Å². The summed E-state index contributed by atoms with van der Waals surface area (Å²) in [6.07, 6.45) is 0. The molecule has 0 saturated heterocycles. The second-order valence-electron chi connectivity index (χ2n) is 5.31. The summed E-state index contributed by atoms with van der Waals surface area (Å²) in [6, 6.07) is 16.2. The smallest absolute Gasteiger partial charge is 0.288 e. The Labute approximate surface area is 158 Å². The number of para-hydroxylation sites is 1. The van der Waals surface area contributed by atoms with E-state index in [2.05, 4.69) is 15.8 Å². The number of benzene rings is 2. The van der Waals surface area contributed by atoms with Gasteiger partial charge in [0.25, 0.3) is 5.76 Å². The first-order valence-electron chi connectivity index (χ1n) is 7.66. The van der Waals surface area contributed by atoms with E-state index in [-0.39, 0.29) is 5.11 Å². The molecule has 2 aromatic carbocycles. The first-order valence-corrected chi connectivity index (χ1v) is 8.95. The van der Waals surface area contributed by atoms with Crippen LogP contribution in [-0.4, -0.2) is 16.6 Å². The summed E-state index contributed by atoms with van der Waals surface area (Å²) in [7, 11) is 0. The zero-order valence-corrected chi connectivity index (χ0v) is 15.3. The molecule has 0 radical (unpaired) electrons. The van der Waals surface area contributed by atoms with Crippen molar-refractivity contribution in [3.63, 3.8) is 0 Å². The second-order valence-corrected chi connectivity index (χ2v) is 6.79. The molecule has 0 amide bonds. The number of nitrogens with zero attached hydrogens (tertiary/aromatic N) is 1. The Balaban J connectivity index is 1.59. The SMILES string of the molecule is C/C(=N/NC(=S)Nc1ccc(SC(F)F)cc1)c1cc2ccccc2o1. The molecule has 0 unspecified atom stereocenters. The van der Waals surface area contributed by atoms with Gasteiger partial charge in [0.1, 0.15) is 11.3 Å². The van der Waals surface area contributed by atoms with Gasteiger partial charge in [-0.05, 0) is 55.5 Å². The second kappa shape index (κ2) is 8.29. The van der Waals surface area contributed by atoms with Crippen LogP contribution < -0.4 is 10.7 Å². The highest BCUT2D eigenvalue weighted by Gasteiger charge is 2.07. The Hall–Kier alpha value is -2.45. The summed E-state index contributed by atoms with van der Waals surface area (Å²) in [5, 5.41) is 8.44. The van der Waals surface area contributed by atoms with Crippen LogP contribution in [0.5, 0.6) is 0 Å². The average molecular weight is 391 g/mol. The van der Waals surface area contributed by atoms with E-state index in [9.17, 15) is 8.78 Å². The van der Waals surface area contributed by atoms with E-state index in [1.165, 1.54) is 0 Å². The largest absolute Gasteiger partial charge is 0.455 e. The Kier molecular flexibility index (Phi) is 5.85. The van der Waals surface area contributed by atoms with Gasteiger partial charge in [0.2, 0.25) is 0 Å². The van der Waals surface area contributed by atoms with Crippen molar-refractivity contribution in [2.24, 2.45) is 5.10 Å². The van der Waals surface area contributed by atoms with Crippen molar-refractivity contribution in [1.82, 2.24) is 5.43 Å². The van der Waals surface area contributed by atoms with Crippen LogP contribution in [0.25, 0.3) is 11.0 Å². The average Bonchev–Trinajstić information content (AvgIpc) is 3.05. The predicted octanol–water partition coefficient (Wildman–Crippen LogP) is 5.46. The predicted molar refractivity (Wildman–Crippen MR) is 106 cm³/mol. The van der Waals surface area contributed by atoms with Gasteiger partial charge in [0.15, 0.2) is 10.9 Å². The normalized spacial score (nSPS) is 11.8. The van der Waals surface area contributed by atoms with Crippen LogP contribution in [0.2, 0.25) is 0 Å². The van der Waals surface area contributed by atoms with E-state index in [0.717, 1.165) is 11.0 Å². The van der Waals surface area contributed by atoms with Gasteiger partial charge in [-0.25, -0.2) is 0 Å². The number of hydrogen-bond donors (Lipinski definition) is 2. The molecule has 2 N–H and O–H groups in total. The van der Waals surface area contributed by atoms with Crippen molar-refractivity contribution in [2.75, 3.05) is 5.32 Å². The van der Waals surface area contributed by atoms with Crippen molar-refractivity contribution in [2.45, 2.75) is 17.6 Å². The Morgan fingerprint density at radius 2 is 1.88 bits per heavy atom. The van der Waals surface area contributed by atoms with Crippen molar-refractivity contribution >= 4 is 51.5 Å². The lowest BCUT2D eigenvalue weighted by molar-refractivity contribution is 0.252. The van der Waals surface area contributed by atoms with E-state index in [1.807, 2.05) is 37.3 Å². The molecule has 0 aliphatic heterocycles. The zero-order valence-electron chi connectivity index (χ0n) is 13.7. The molecule has 4 nitrogen and oxygen atoms in total. The molecule has 0 spiro atoms. The van der Waals surface area contributed by atoms with Gasteiger partial charge in [0, 0.05) is 16.0 Å². The van der Waals surface area contributed by atoms with Gasteiger partial charge in [0.05, 0.1) is 0 Å². The highest BCUT2D eigenvalue weighted by Crippen LogP contribution is 2.26. The number of alkyl halides is 2. The molecular weight excluding hydrogens is 376 g/mol. The fourth-order valence-corrected chi connectivity index (χ4v) is 2.89. The minimum Gasteiger partial charge on any atom is -0.455 e. The maximum absolute atomic E-state index is 12.3. The Morgan fingerprint density at radius 3 is 2.58 bits per heavy atom. The topological polar surface area (TPSA) is 49.6 Å². The van der Waals surface area contributed by atoms with Crippen LogP contribution in [0.1, 0.15) is 12.7 Å². The standard InChI is InChI=1S/C18H15F2N3OS2/c1-11(16-10-12-4-2-3-5-15(12)24-16)22-23-18(25)21-13-6-8-14(9-7-13)26-17(19)20/h2-10,17H,1H3,(H2,21,23,25)/b22-11-. The molecule has 3 rings (SSSR count). The monoisotopic (exact) mass is 391 g/mol. The molecule has 0 aliphatic rings. The van der Waals surface area contributed by atoms with Crippen molar-refractivity contribution in [3.8, 4) is 0 Å². The number of halogens is 2. The summed E-state index contributed by atoms with van der Waals surface area (Å²) >= 11 is 5.68. The highest BCUT2D eigenvalue weighted by molar-refractivity contribution is 7.99. The van der Waals surface area contributed by atoms with Crippen LogP contribution in [-0.2, 0) is 0 Å². The number of anilines is 1. The molecular formula is C18H15F2N3OS2. The first-order chi connectivity index (χ1) is 12.5. The molecule has 3 aromatic rings. The Bertz CT molecular complexity index is 906. The fraction of sp³-hybridized carbons (Fsp3) is 0.111. The third-order valence-electron chi connectivity index (χ3n) is 3.44. The minimum atomic E-state index is -2.44. The van der Waals surface area contributed by atoms with E-state index in [1.54, 1.807) is 24.3 Å². The number of hydrazone groups is 1. The molecule has 1 heterocycles. The van der Waals surface area contributed by atoms with Crippen molar-refractivity contribution in [3.05, 3.63) is 60.4 Å². The van der Waals surface area contributed by atoms with Gasteiger partial charge in [-0.3, -0.25) is 5.43 Å². The zero-order chi connectivity index (χ0) is 18.5. The molecule has 134 valence electrons. The lowest BCUT2D eigenvalue weighted by Crippen LogP contribution is -2.24. The van der Waals surface area contributed by atoms with Crippen molar-refractivity contribution in [1.29, 1.82) is 0 Å². The van der Waals surface area contributed by atoms with Crippen molar-refractivity contribution < 1.29 is 13.2 Å². The van der Waals surface area contributed by atoms with Gasteiger partial charge < -0.3 is 9.73 Å². The number of thioether (sulfide) groups is 1. The van der Waals surface area contributed by atoms with E-state index >= 15 is 0 Å². The third-order valence-corrected chi connectivity index (χ3v) is 4.36. The highest BCUT2D eigenvalue weighted by atomic mass is 32.2.